The zero-order valence-electron chi connectivity index (χ0n) is 19.0. The van der Waals surface area contributed by atoms with Crippen molar-refractivity contribution in [2.24, 2.45) is 0 Å². The second-order valence-corrected chi connectivity index (χ2v) is 8.99. The smallest absolute Gasteiger partial charge is 0.253 e. The van der Waals surface area contributed by atoms with E-state index in [-0.39, 0.29) is 5.56 Å². The predicted octanol–water partition coefficient (Wildman–Crippen LogP) is 5.69. The van der Waals surface area contributed by atoms with Gasteiger partial charge in [0.05, 0.1) is 13.2 Å². The SMILES string of the molecule is CCOc1ccc(NC(=S)N(Cc2cc3cc(C)c(C)cc3[nH]c2=O)C2CCCC2)cc1. The topological polar surface area (TPSA) is 57.4 Å². The summed E-state index contributed by atoms with van der Waals surface area (Å²) < 4.78 is 5.53. The molecule has 5 nitrogen and oxygen atoms in total. The standard InChI is InChI=1S/C26H31N3O2S/c1-4-31-23-11-9-21(10-12-23)27-26(32)29(22-7-5-6-8-22)16-20-15-19-13-17(2)18(3)14-24(19)28-25(20)30/h9-15,22H,4-8,16H2,1-3H3,(H,27,32)(H,28,30). The molecule has 6 heteroatoms. The Bertz CT molecular complexity index is 1160. The molecule has 2 N–H and O–H groups in total. The zero-order valence-corrected chi connectivity index (χ0v) is 19.8. The predicted molar refractivity (Wildman–Crippen MR) is 136 cm³/mol. The molecule has 0 aliphatic heterocycles. The Morgan fingerprint density at radius 2 is 1.81 bits per heavy atom. The van der Waals surface area contributed by atoms with Gasteiger partial charge < -0.3 is 19.9 Å². The molecule has 0 radical (unpaired) electrons. The lowest BCUT2D eigenvalue weighted by atomic mass is 10.0. The van der Waals surface area contributed by atoms with Crippen molar-refractivity contribution in [3.8, 4) is 5.75 Å². The molecule has 0 unspecified atom stereocenters. The van der Waals surface area contributed by atoms with Crippen LogP contribution in [0.2, 0.25) is 0 Å². The number of benzene rings is 2. The molecule has 0 spiro atoms. The third-order valence-electron chi connectivity index (χ3n) is 6.32. The number of fused-ring (bicyclic) bond motifs is 1. The van der Waals surface area contributed by atoms with E-state index in [1.54, 1.807) is 0 Å². The van der Waals surface area contributed by atoms with E-state index in [1.807, 2.05) is 43.3 Å². The van der Waals surface area contributed by atoms with Crippen molar-refractivity contribution in [2.75, 3.05) is 11.9 Å². The van der Waals surface area contributed by atoms with E-state index >= 15 is 0 Å². The van der Waals surface area contributed by atoms with Gasteiger partial charge in [-0.1, -0.05) is 12.8 Å². The molecule has 2 aromatic carbocycles. The second kappa shape index (κ2) is 9.74. The van der Waals surface area contributed by atoms with E-state index in [0.29, 0.717) is 24.3 Å². The number of nitrogens with one attached hydrogen (secondary N) is 2. The van der Waals surface area contributed by atoms with Crippen molar-refractivity contribution in [1.29, 1.82) is 0 Å². The highest BCUT2D eigenvalue weighted by molar-refractivity contribution is 7.80. The average Bonchev–Trinajstić information content (AvgIpc) is 3.29. The number of ether oxygens (including phenoxy) is 1. The van der Waals surface area contributed by atoms with Gasteiger partial charge in [-0.15, -0.1) is 0 Å². The number of hydrogen-bond acceptors (Lipinski definition) is 3. The number of pyridine rings is 1. The molecule has 1 aliphatic rings. The van der Waals surface area contributed by atoms with Gasteiger partial charge in [0.15, 0.2) is 5.11 Å². The minimum absolute atomic E-state index is 0.0485. The Kier molecular flexibility index (Phi) is 6.80. The summed E-state index contributed by atoms with van der Waals surface area (Å²) in [4.78, 5) is 18.2. The van der Waals surface area contributed by atoms with E-state index in [1.165, 1.54) is 24.0 Å². The molecule has 0 amide bonds. The summed E-state index contributed by atoms with van der Waals surface area (Å²) in [6.07, 6.45) is 4.57. The third-order valence-corrected chi connectivity index (χ3v) is 6.66. The van der Waals surface area contributed by atoms with Gasteiger partial charge in [0.2, 0.25) is 0 Å². The van der Waals surface area contributed by atoms with Crippen LogP contribution in [-0.2, 0) is 6.54 Å². The van der Waals surface area contributed by atoms with Crippen LogP contribution >= 0.6 is 12.2 Å². The number of rotatable bonds is 6. The van der Waals surface area contributed by atoms with Crippen molar-refractivity contribution in [2.45, 2.75) is 59.0 Å². The molecule has 0 atom stereocenters. The van der Waals surface area contributed by atoms with Gasteiger partial charge in [-0.25, -0.2) is 0 Å². The molecule has 0 saturated heterocycles. The first-order valence-corrected chi connectivity index (χ1v) is 11.8. The molecule has 1 heterocycles. The van der Waals surface area contributed by atoms with Crippen LogP contribution in [0.15, 0.2) is 47.3 Å². The first-order valence-electron chi connectivity index (χ1n) is 11.4. The van der Waals surface area contributed by atoms with Crippen molar-refractivity contribution < 1.29 is 4.74 Å². The molecular formula is C26H31N3O2S. The van der Waals surface area contributed by atoms with Gasteiger partial charge in [-0.3, -0.25) is 4.79 Å². The lowest BCUT2D eigenvalue weighted by molar-refractivity contribution is 0.311. The number of anilines is 1. The molecule has 1 fully saturated rings. The minimum Gasteiger partial charge on any atom is -0.494 e. The molecule has 32 heavy (non-hydrogen) atoms. The summed E-state index contributed by atoms with van der Waals surface area (Å²) in [6.45, 7) is 7.26. The van der Waals surface area contributed by atoms with Crippen LogP contribution in [-0.4, -0.2) is 27.6 Å². The largest absolute Gasteiger partial charge is 0.494 e. The summed E-state index contributed by atoms with van der Waals surface area (Å²) in [5.41, 5.74) is 4.88. The quantitative estimate of drug-likeness (QED) is 0.474. The van der Waals surface area contributed by atoms with E-state index in [2.05, 4.69) is 35.1 Å². The molecular weight excluding hydrogens is 418 g/mol. The van der Waals surface area contributed by atoms with Crippen LogP contribution in [0, 0.1) is 13.8 Å². The lowest BCUT2D eigenvalue weighted by Gasteiger charge is -2.31. The summed E-state index contributed by atoms with van der Waals surface area (Å²) in [7, 11) is 0. The van der Waals surface area contributed by atoms with Crippen molar-refractivity contribution in [1.82, 2.24) is 9.88 Å². The highest BCUT2D eigenvalue weighted by atomic mass is 32.1. The molecule has 168 valence electrons. The van der Waals surface area contributed by atoms with E-state index < -0.39 is 0 Å². The van der Waals surface area contributed by atoms with Gasteiger partial charge in [-0.2, -0.15) is 0 Å². The number of thiocarbonyl (C=S) groups is 1. The second-order valence-electron chi connectivity index (χ2n) is 8.60. The Hall–Kier alpha value is -2.86. The number of H-pyrrole nitrogens is 1. The zero-order chi connectivity index (χ0) is 22.7. The number of aromatic amines is 1. The average molecular weight is 450 g/mol. The summed E-state index contributed by atoms with van der Waals surface area (Å²) >= 11 is 5.83. The van der Waals surface area contributed by atoms with Gasteiger partial charge >= 0.3 is 0 Å². The molecule has 0 bridgehead atoms. The first kappa shape index (κ1) is 22.3. The summed E-state index contributed by atoms with van der Waals surface area (Å²) in [5, 5.41) is 5.08. The van der Waals surface area contributed by atoms with Crippen LogP contribution in [0.4, 0.5) is 5.69 Å². The van der Waals surface area contributed by atoms with E-state index in [4.69, 9.17) is 17.0 Å². The Balaban J connectivity index is 1.59. The number of aryl methyl sites for hydroxylation is 2. The maximum atomic E-state index is 12.9. The van der Waals surface area contributed by atoms with Crippen LogP contribution in [0.3, 0.4) is 0 Å². The Morgan fingerprint density at radius 1 is 1.12 bits per heavy atom. The van der Waals surface area contributed by atoms with Crippen LogP contribution in [0.5, 0.6) is 5.75 Å². The highest BCUT2D eigenvalue weighted by Crippen LogP contribution is 2.27. The highest BCUT2D eigenvalue weighted by Gasteiger charge is 2.26. The minimum atomic E-state index is -0.0485. The normalized spacial score (nSPS) is 14.0. The fourth-order valence-corrected chi connectivity index (χ4v) is 4.73. The van der Waals surface area contributed by atoms with Crippen LogP contribution in [0.1, 0.15) is 49.3 Å². The number of hydrogen-bond donors (Lipinski definition) is 2. The van der Waals surface area contributed by atoms with Crippen LogP contribution < -0.4 is 15.6 Å². The molecule has 3 aromatic rings. The summed E-state index contributed by atoms with van der Waals surface area (Å²) in [5.74, 6) is 0.838. The fourth-order valence-electron chi connectivity index (χ4n) is 4.40. The molecule has 1 saturated carbocycles. The molecule has 4 rings (SSSR count). The maximum absolute atomic E-state index is 12.9. The van der Waals surface area contributed by atoms with Gasteiger partial charge in [0, 0.05) is 22.8 Å². The third kappa shape index (κ3) is 4.96. The Morgan fingerprint density at radius 3 is 2.50 bits per heavy atom. The van der Waals surface area contributed by atoms with Crippen LogP contribution in [0.25, 0.3) is 10.9 Å². The van der Waals surface area contributed by atoms with Gasteiger partial charge in [-0.05, 0) is 105 Å². The van der Waals surface area contributed by atoms with Crippen molar-refractivity contribution in [3.63, 3.8) is 0 Å². The number of aromatic nitrogens is 1. The fraction of sp³-hybridized carbons (Fsp3) is 0.385. The van der Waals surface area contributed by atoms with E-state index in [0.717, 1.165) is 40.7 Å². The maximum Gasteiger partial charge on any atom is 0.253 e. The van der Waals surface area contributed by atoms with Gasteiger partial charge in [0.25, 0.3) is 5.56 Å². The first-order chi connectivity index (χ1) is 15.4. The Labute approximate surface area is 194 Å². The van der Waals surface area contributed by atoms with Crippen molar-refractivity contribution >= 4 is 33.9 Å². The lowest BCUT2D eigenvalue weighted by Crippen LogP contribution is -2.42. The monoisotopic (exact) mass is 449 g/mol. The summed E-state index contributed by atoms with van der Waals surface area (Å²) in [6, 6.07) is 14.4. The molecule has 1 aliphatic carbocycles. The number of nitrogens with zero attached hydrogens (tertiary/aromatic N) is 1. The van der Waals surface area contributed by atoms with Crippen molar-refractivity contribution in [3.05, 3.63) is 69.5 Å². The molecule has 1 aromatic heterocycles. The van der Waals surface area contributed by atoms with Gasteiger partial charge in [0.1, 0.15) is 5.75 Å². The van der Waals surface area contributed by atoms with E-state index in [9.17, 15) is 4.79 Å².